The lowest BCUT2D eigenvalue weighted by atomic mass is 10.2. The zero-order chi connectivity index (χ0) is 18.0. The Kier molecular flexibility index (Phi) is 4.89. The first-order valence-electron chi connectivity index (χ1n) is 7.37. The molecule has 4 nitrogen and oxygen atoms in total. The van der Waals surface area contributed by atoms with Gasteiger partial charge < -0.3 is 4.90 Å². The van der Waals surface area contributed by atoms with E-state index < -0.39 is 6.55 Å². The molecular formula is C17H14F3N3OS. The molecule has 0 saturated carbocycles. The second kappa shape index (κ2) is 7.10. The zero-order valence-electron chi connectivity index (χ0n) is 13.2. The summed E-state index contributed by atoms with van der Waals surface area (Å²) < 4.78 is 39.4. The Balaban J connectivity index is 1.74. The Bertz CT molecular complexity index is 873. The molecule has 3 aromatic rings. The van der Waals surface area contributed by atoms with Crippen LogP contribution in [0.5, 0.6) is 0 Å². The minimum absolute atomic E-state index is 0.0278. The van der Waals surface area contributed by atoms with Crippen LogP contribution in [0.4, 0.5) is 13.2 Å². The number of carbonyl (C=O) groups is 1. The van der Waals surface area contributed by atoms with Crippen molar-refractivity contribution < 1.29 is 18.0 Å². The molecule has 25 heavy (non-hydrogen) atoms. The smallest absolute Gasteiger partial charge is 0.319 e. The van der Waals surface area contributed by atoms with Crippen molar-refractivity contribution in [2.24, 2.45) is 0 Å². The van der Waals surface area contributed by atoms with Gasteiger partial charge >= 0.3 is 6.55 Å². The lowest BCUT2D eigenvalue weighted by Gasteiger charge is -2.16. The van der Waals surface area contributed by atoms with Crippen LogP contribution in [0.25, 0.3) is 10.4 Å². The summed E-state index contributed by atoms with van der Waals surface area (Å²) in [5.41, 5.74) is 0.807. The number of carbonyl (C=O) groups excluding carboxylic acids is 1. The van der Waals surface area contributed by atoms with Gasteiger partial charge in [-0.05, 0) is 29.8 Å². The largest absolute Gasteiger partial charge is 0.334 e. The third kappa shape index (κ3) is 3.74. The first kappa shape index (κ1) is 17.2. The van der Waals surface area contributed by atoms with Crippen LogP contribution in [-0.4, -0.2) is 27.4 Å². The number of imidazole rings is 1. The number of halogens is 3. The number of thiophene rings is 1. The van der Waals surface area contributed by atoms with Crippen LogP contribution < -0.4 is 0 Å². The molecule has 0 aliphatic carbocycles. The summed E-state index contributed by atoms with van der Waals surface area (Å²) in [5.74, 6) is -0.505. The van der Waals surface area contributed by atoms with E-state index in [0.29, 0.717) is 4.88 Å². The molecule has 0 unspecified atom stereocenters. The molecule has 2 aromatic heterocycles. The normalized spacial score (nSPS) is 11.1. The van der Waals surface area contributed by atoms with Gasteiger partial charge in [0.1, 0.15) is 11.6 Å². The van der Waals surface area contributed by atoms with Crippen molar-refractivity contribution in [1.82, 2.24) is 14.5 Å². The average molecular weight is 365 g/mol. The SMILES string of the molecule is CN(Cc1nccn1C(F)F)C(=O)c1ccc(-c2ccc(F)cc2)s1. The number of hydrogen-bond donors (Lipinski definition) is 0. The monoisotopic (exact) mass is 365 g/mol. The summed E-state index contributed by atoms with van der Waals surface area (Å²) in [4.78, 5) is 19.0. The van der Waals surface area contributed by atoms with Gasteiger partial charge in [0.15, 0.2) is 0 Å². The van der Waals surface area contributed by atoms with Crippen LogP contribution in [0.1, 0.15) is 22.0 Å². The first-order chi connectivity index (χ1) is 12.0. The van der Waals surface area contributed by atoms with Gasteiger partial charge in [0.05, 0.1) is 11.4 Å². The maximum atomic E-state index is 13.0. The van der Waals surface area contributed by atoms with Crippen LogP contribution in [0.3, 0.4) is 0 Å². The molecule has 0 aliphatic rings. The van der Waals surface area contributed by atoms with Crippen molar-refractivity contribution >= 4 is 17.2 Å². The minimum atomic E-state index is -2.70. The predicted molar refractivity (Wildman–Crippen MR) is 89.0 cm³/mol. The van der Waals surface area contributed by atoms with Gasteiger partial charge in [-0.1, -0.05) is 12.1 Å². The Morgan fingerprint density at radius 3 is 2.64 bits per heavy atom. The zero-order valence-corrected chi connectivity index (χ0v) is 14.0. The molecule has 1 aromatic carbocycles. The molecule has 0 saturated heterocycles. The molecule has 130 valence electrons. The quantitative estimate of drug-likeness (QED) is 0.671. The molecule has 0 N–H and O–H groups in total. The number of aromatic nitrogens is 2. The molecule has 0 atom stereocenters. The van der Waals surface area contributed by atoms with E-state index in [-0.39, 0.29) is 24.1 Å². The molecule has 0 bridgehead atoms. The molecular weight excluding hydrogens is 351 g/mol. The third-order valence-corrected chi connectivity index (χ3v) is 4.75. The average Bonchev–Trinajstić information content (AvgIpc) is 3.24. The highest BCUT2D eigenvalue weighted by molar-refractivity contribution is 7.17. The second-order valence-corrected chi connectivity index (χ2v) is 6.44. The Morgan fingerprint density at radius 2 is 1.96 bits per heavy atom. The van der Waals surface area contributed by atoms with Crippen molar-refractivity contribution in [1.29, 1.82) is 0 Å². The topological polar surface area (TPSA) is 38.1 Å². The highest BCUT2D eigenvalue weighted by Crippen LogP contribution is 2.29. The van der Waals surface area contributed by atoms with E-state index in [4.69, 9.17) is 0 Å². The summed E-state index contributed by atoms with van der Waals surface area (Å²) in [7, 11) is 1.53. The lowest BCUT2D eigenvalue weighted by Crippen LogP contribution is -2.27. The molecule has 8 heteroatoms. The van der Waals surface area contributed by atoms with Crippen molar-refractivity contribution in [3.63, 3.8) is 0 Å². The molecule has 0 radical (unpaired) electrons. The minimum Gasteiger partial charge on any atom is -0.334 e. The summed E-state index contributed by atoms with van der Waals surface area (Å²) >= 11 is 1.26. The van der Waals surface area contributed by atoms with Crippen molar-refractivity contribution in [3.8, 4) is 10.4 Å². The first-order valence-corrected chi connectivity index (χ1v) is 8.18. The number of amides is 1. The summed E-state index contributed by atoms with van der Waals surface area (Å²) in [6.07, 6.45) is 2.45. The maximum Gasteiger partial charge on any atom is 0.319 e. The van der Waals surface area contributed by atoms with Gasteiger partial charge in [0.25, 0.3) is 5.91 Å². The molecule has 0 aliphatic heterocycles. The number of benzene rings is 1. The van der Waals surface area contributed by atoms with Gasteiger partial charge in [-0.15, -0.1) is 11.3 Å². The number of hydrogen-bond acceptors (Lipinski definition) is 3. The van der Waals surface area contributed by atoms with E-state index in [1.54, 1.807) is 24.3 Å². The van der Waals surface area contributed by atoms with Crippen LogP contribution in [0.2, 0.25) is 0 Å². The van der Waals surface area contributed by atoms with Crippen molar-refractivity contribution in [2.45, 2.75) is 13.1 Å². The van der Waals surface area contributed by atoms with E-state index in [1.807, 2.05) is 0 Å². The van der Waals surface area contributed by atoms with Crippen LogP contribution in [-0.2, 0) is 6.54 Å². The molecule has 3 rings (SSSR count). The Morgan fingerprint density at radius 1 is 1.24 bits per heavy atom. The van der Waals surface area contributed by atoms with Gasteiger partial charge in [-0.3, -0.25) is 9.36 Å². The standard InChI is InChI=1S/C17H14F3N3OS/c1-22(10-15-21-8-9-23(15)17(19)20)16(24)14-7-6-13(25-14)11-2-4-12(18)5-3-11/h2-9,17H,10H2,1H3. The predicted octanol–water partition coefficient (Wildman–Crippen LogP) is 4.42. The highest BCUT2D eigenvalue weighted by atomic mass is 32.1. The molecule has 1 amide bonds. The fourth-order valence-corrected chi connectivity index (χ4v) is 3.34. The molecule has 0 fully saturated rings. The number of alkyl halides is 2. The van der Waals surface area contributed by atoms with E-state index in [2.05, 4.69) is 4.98 Å². The fraction of sp³-hybridized carbons (Fsp3) is 0.176. The van der Waals surface area contributed by atoms with Crippen LogP contribution in [0, 0.1) is 5.82 Å². The van der Waals surface area contributed by atoms with E-state index in [0.717, 1.165) is 15.0 Å². The van der Waals surface area contributed by atoms with Gasteiger partial charge in [-0.25, -0.2) is 9.37 Å². The van der Waals surface area contributed by atoms with E-state index in [9.17, 15) is 18.0 Å². The van der Waals surface area contributed by atoms with Gasteiger partial charge in [0.2, 0.25) is 0 Å². The van der Waals surface area contributed by atoms with E-state index in [1.165, 1.54) is 47.8 Å². The molecule has 2 heterocycles. The van der Waals surface area contributed by atoms with E-state index >= 15 is 0 Å². The molecule has 0 spiro atoms. The number of rotatable bonds is 5. The number of nitrogens with zero attached hydrogens (tertiary/aromatic N) is 3. The lowest BCUT2D eigenvalue weighted by molar-refractivity contribution is 0.0613. The highest BCUT2D eigenvalue weighted by Gasteiger charge is 2.19. The van der Waals surface area contributed by atoms with Crippen LogP contribution in [0.15, 0.2) is 48.8 Å². The summed E-state index contributed by atoms with van der Waals surface area (Å²) in [6, 6.07) is 9.43. The third-order valence-electron chi connectivity index (χ3n) is 3.63. The van der Waals surface area contributed by atoms with Gasteiger partial charge in [0, 0.05) is 24.3 Å². The summed E-state index contributed by atoms with van der Waals surface area (Å²) in [6.45, 7) is -2.73. The van der Waals surface area contributed by atoms with Crippen molar-refractivity contribution in [3.05, 3.63) is 65.3 Å². The Labute approximate surface area is 146 Å². The maximum absolute atomic E-state index is 13.0. The summed E-state index contributed by atoms with van der Waals surface area (Å²) in [5, 5.41) is 0. The van der Waals surface area contributed by atoms with Crippen LogP contribution >= 0.6 is 11.3 Å². The van der Waals surface area contributed by atoms with Gasteiger partial charge in [-0.2, -0.15) is 8.78 Å². The van der Waals surface area contributed by atoms with Crippen molar-refractivity contribution in [2.75, 3.05) is 7.05 Å². The Hall–Kier alpha value is -2.61. The fourth-order valence-electron chi connectivity index (χ4n) is 2.34. The second-order valence-electron chi connectivity index (χ2n) is 5.36.